The number of nitrogens with one attached hydrogen (secondary N) is 1. The van der Waals surface area contributed by atoms with Crippen molar-refractivity contribution in [3.63, 3.8) is 0 Å². The predicted molar refractivity (Wildman–Crippen MR) is 206 cm³/mol. The average Bonchev–Trinajstić information content (AvgIpc) is 3.36. The van der Waals surface area contributed by atoms with E-state index < -0.39 is 18.2 Å². The maximum Gasteiger partial charge on any atom is 0.410 e. The number of carbonyl (C=O) groups is 5. The SMILES string of the molecule is COC(=O)C1CCN(C2CCN(C(=O)[C@@H](Cc3cc(C)c(O)c(C)c3)OC(=O)N3CCC(N4CCc5ccccc5NC4=O)CC3)CC2)C(C(=O)N(C)C)C1. The maximum absolute atomic E-state index is 14.3. The number of ether oxygens (including phenoxy) is 2. The van der Waals surface area contributed by atoms with Gasteiger partial charge in [0.25, 0.3) is 5.91 Å². The second-order valence-electron chi connectivity index (χ2n) is 15.7. The molecule has 5 amide bonds. The van der Waals surface area contributed by atoms with Gasteiger partial charge in [-0.1, -0.05) is 30.3 Å². The molecule has 4 heterocycles. The van der Waals surface area contributed by atoms with Crippen LogP contribution in [0.25, 0.3) is 0 Å². The summed E-state index contributed by atoms with van der Waals surface area (Å²) in [5.74, 6) is -0.773. The number of likely N-dealkylation sites (tertiary alicyclic amines) is 3. The molecule has 3 saturated heterocycles. The number of rotatable bonds is 8. The number of nitrogens with zero attached hydrogens (tertiary/aromatic N) is 5. The highest BCUT2D eigenvalue weighted by Gasteiger charge is 2.42. The molecule has 2 aromatic carbocycles. The van der Waals surface area contributed by atoms with Gasteiger partial charge in [-0.05, 0) is 87.1 Å². The number of methoxy groups -OCH3 is 1. The highest BCUT2D eigenvalue weighted by Crippen LogP contribution is 2.32. The average molecular weight is 761 g/mol. The summed E-state index contributed by atoms with van der Waals surface area (Å²) in [7, 11) is 4.81. The number of likely N-dealkylation sites (N-methyl/N-ethyl adjacent to an activating group) is 1. The van der Waals surface area contributed by atoms with E-state index in [1.54, 1.807) is 42.6 Å². The number of benzene rings is 2. The van der Waals surface area contributed by atoms with Crippen molar-refractivity contribution in [1.29, 1.82) is 0 Å². The van der Waals surface area contributed by atoms with Crippen LogP contribution < -0.4 is 5.32 Å². The van der Waals surface area contributed by atoms with Crippen LogP contribution in [0.5, 0.6) is 5.75 Å². The normalized spacial score (nSPS) is 21.9. The number of aryl methyl sites for hydroxylation is 2. The summed E-state index contributed by atoms with van der Waals surface area (Å²) < 4.78 is 11.1. The number of urea groups is 1. The Kier molecular flexibility index (Phi) is 12.5. The molecule has 3 atom stereocenters. The van der Waals surface area contributed by atoms with Crippen molar-refractivity contribution < 1.29 is 38.6 Å². The van der Waals surface area contributed by atoms with Gasteiger partial charge in [0.1, 0.15) is 5.75 Å². The van der Waals surface area contributed by atoms with Crippen LogP contribution in [0.2, 0.25) is 0 Å². The van der Waals surface area contributed by atoms with E-state index in [1.165, 1.54) is 7.11 Å². The molecule has 0 radical (unpaired) electrons. The molecule has 14 nitrogen and oxygen atoms in total. The Morgan fingerprint density at radius 3 is 2.18 bits per heavy atom. The minimum atomic E-state index is -1.08. The summed E-state index contributed by atoms with van der Waals surface area (Å²) in [6, 6.07) is 10.9. The number of hydrogen-bond donors (Lipinski definition) is 2. The molecular weight excluding hydrogens is 704 g/mol. The van der Waals surface area contributed by atoms with Gasteiger partial charge in [0.2, 0.25) is 5.91 Å². The summed E-state index contributed by atoms with van der Waals surface area (Å²) in [5, 5.41) is 13.4. The maximum atomic E-state index is 14.3. The van der Waals surface area contributed by atoms with Gasteiger partial charge in [-0.2, -0.15) is 0 Å². The third-order valence-electron chi connectivity index (χ3n) is 11.9. The van der Waals surface area contributed by atoms with Crippen LogP contribution in [0, 0.1) is 19.8 Å². The van der Waals surface area contributed by atoms with E-state index in [9.17, 15) is 29.1 Å². The molecule has 14 heteroatoms. The zero-order valence-electron chi connectivity index (χ0n) is 32.8. The fraction of sp³-hybridized carbons (Fsp3) is 0.585. The first-order valence-electron chi connectivity index (χ1n) is 19.6. The molecule has 0 aliphatic carbocycles. The Hall–Kier alpha value is -4.85. The molecule has 0 saturated carbocycles. The highest BCUT2D eigenvalue weighted by molar-refractivity contribution is 5.91. The fourth-order valence-electron chi connectivity index (χ4n) is 8.81. The van der Waals surface area contributed by atoms with Gasteiger partial charge >= 0.3 is 18.1 Å². The van der Waals surface area contributed by atoms with Crippen molar-refractivity contribution in [2.75, 3.05) is 65.8 Å². The van der Waals surface area contributed by atoms with Gasteiger partial charge in [-0.15, -0.1) is 0 Å². The molecule has 298 valence electrons. The molecular formula is C41H56N6O8. The molecule has 0 spiro atoms. The minimum Gasteiger partial charge on any atom is -0.507 e. The van der Waals surface area contributed by atoms with Crippen molar-refractivity contribution in [2.24, 2.45) is 5.92 Å². The number of hydrogen-bond acceptors (Lipinski definition) is 9. The lowest BCUT2D eigenvalue weighted by atomic mass is 9.87. The van der Waals surface area contributed by atoms with E-state index in [0.717, 1.165) is 23.2 Å². The molecule has 0 bridgehead atoms. The first kappa shape index (κ1) is 39.8. The number of piperidine rings is 3. The third-order valence-corrected chi connectivity index (χ3v) is 11.9. The zero-order valence-corrected chi connectivity index (χ0v) is 32.8. The van der Waals surface area contributed by atoms with Gasteiger partial charge < -0.3 is 39.5 Å². The molecule has 0 aromatic heterocycles. The summed E-state index contributed by atoms with van der Waals surface area (Å²) in [6.45, 7) is 6.41. The topological polar surface area (TPSA) is 152 Å². The van der Waals surface area contributed by atoms with Crippen LogP contribution in [-0.2, 0) is 36.7 Å². The van der Waals surface area contributed by atoms with Crippen molar-refractivity contribution in [1.82, 2.24) is 24.5 Å². The monoisotopic (exact) mass is 760 g/mol. The number of esters is 1. The van der Waals surface area contributed by atoms with Crippen LogP contribution >= 0.6 is 0 Å². The van der Waals surface area contributed by atoms with Crippen LogP contribution in [-0.4, -0.2) is 144 Å². The van der Waals surface area contributed by atoms with E-state index in [2.05, 4.69) is 10.2 Å². The first-order chi connectivity index (χ1) is 26.3. The van der Waals surface area contributed by atoms with E-state index in [0.29, 0.717) is 88.9 Å². The van der Waals surface area contributed by atoms with Crippen LogP contribution in [0.1, 0.15) is 60.8 Å². The molecule has 6 rings (SSSR count). The Morgan fingerprint density at radius 1 is 0.891 bits per heavy atom. The number of anilines is 1. The van der Waals surface area contributed by atoms with Gasteiger partial charge in [0.05, 0.1) is 19.1 Å². The van der Waals surface area contributed by atoms with Gasteiger partial charge in [-0.25, -0.2) is 9.59 Å². The Bertz CT molecular complexity index is 1730. The lowest BCUT2D eigenvalue weighted by Gasteiger charge is -2.46. The van der Waals surface area contributed by atoms with Crippen LogP contribution in [0.15, 0.2) is 36.4 Å². The molecule has 2 N–H and O–H groups in total. The molecule has 55 heavy (non-hydrogen) atoms. The highest BCUT2D eigenvalue weighted by atomic mass is 16.6. The Labute approximate surface area is 323 Å². The Balaban J connectivity index is 1.10. The third kappa shape index (κ3) is 9.01. The van der Waals surface area contributed by atoms with Gasteiger partial charge in [-0.3, -0.25) is 19.3 Å². The molecule has 3 fully saturated rings. The van der Waals surface area contributed by atoms with E-state index in [4.69, 9.17) is 9.47 Å². The number of carbonyl (C=O) groups excluding carboxylic acids is 5. The number of aromatic hydroxyl groups is 1. The minimum absolute atomic E-state index is 0.0288. The number of phenols is 1. The van der Waals surface area contributed by atoms with Gasteiger partial charge in [0.15, 0.2) is 6.10 Å². The standard InChI is InChI=1S/C41H56N6O8/c1-26-22-28(23-27(2)36(26)48)24-35(55-41(53)45-18-14-32(15-19-45)47-21-10-29-8-6-7-9-33(29)42-40(47)52)38(50)44-16-12-31(13-17-44)46-20-11-30(39(51)54-5)25-34(46)37(49)43(3)4/h6-9,22-23,30-32,34-35,48H,10-21,24-25H2,1-5H3,(H,42,52)/t30?,34?,35-/m1/s1. The second kappa shape index (κ2) is 17.3. The van der Waals surface area contributed by atoms with Crippen molar-refractivity contribution in [2.45, 2.75) is 89.4 Å². The number of fused-ring (bicyclic) bond motifs is 1. The number of para-hydroxylation sites is 1. The van der Waals surface area contributed by atoms with E-state index >= 15 is 0 Å². The number of phenolic OH excluding ortho intramolecular Hbond substituents is 1. The Morgan fingerprint density at radius 2 is 1.53 bits per heavy atom. The summed E-state index contributed by atoms with van der Waals surface area (Å²) in [4.78, 5) is 75.9. The fourth-order valence-corrected chi connectivity index (χ4v) is 8.81. The van der Waals surface area contributed by atoms with Gasteiger partial charge in [0, 0.05) is 77.6 Å². The van der Waals surface area contributed by atoms with Crippen molar-refractivity contribution >= 4 is 35.6 Å². The molecule has 2 unspecified atom stereocenters. The zero-order chi connectivity index (χ0) is 39.4. The molecule has 4 aliphatic rings. The van der Waals surface area contributed by atoms with Crippen molar-refractivity contribution in [3.8, 4) is 5.75 Å². The summed E-state index contributed by atoms with van der Waals surface area (Å²) in [6.07, 6.45) is 2.69. The van der Waals surface area contributed by atoms with E-state index in [1.807, 2.05) is 41.3 Å². The summed E-state index contributed by atoms with van der Waals surface area (Å²) >= 11 is 0. The molecule has 4 aliphatic heterocycles. The molecule has 2 aromatic rings. The van der Waals surface area contributed by atoms with E-state index in [-0.39, 0.29) is 54.0 Å². The summed E-state index contributed by atoms with van der Waals surface area (Å²) in [5.41, 5.74) is 4.06. The lowest BCUT2D eigenvalue weighted by molar-refractivity contribution is -0.152. The predicted octanol–water partition coefficient (Wildman–Crippen LogP) is 3.94. The largest absolute Gasteiger partial charge is 0.507 e. The first-order valence-corrected chi connectivity index (χ1v) is 19.6. The van der Waals surface area contributed by atoms with Crippen LogP contribution in [0.4, 0.5) is 15.3 Å². The second-order valence-corrected chi connectivity index (χ2v) is 15.7. The lowest BCUT2D eigenvalue weighted by Crippen LogP contribution is -2.58. The smallest absolute Gasteiger partial charge is 0.410 e. The van der Waals surface area contributed by atoms with Crippen molar-refractivity contribution in [3.05, 3.63) is 58.7 Å². The number of amides is 5. The van der Waals surface area contributed by atoms with Crippen LogP contribution in [0.3, 0.4) is 0 Å². The quantitative estimate of drug-likeness (QED) is 0.382.